The number of aryl methyl sites for hydroxylation is 1. The van der Waals surface area contributed by atoms with Gasteiger partial charge in [-0.25, -0.2) is 4.98 Å². The number of aromatic nitrogens is 3. The van der Waals surface area contributed by atoms with Crippen molar-refractivity contribution in [2.45, 2.75) is 123 Å². The molecule has 18 heteroatoms. The molecule has 2 aliphatic rings. The molecule has 8 rings (SSSR count). The van der Waals surface area contributed by atoms with Gasteiger partial charge in [0.05, 0.1) is 63.3 Å². The van der Waals surface area contributed by atoms with E-state index in [1.165, 1.54) is 4.90 Å². The van der Waals surface area contributed by atoms with E-state index in [1.54, 1.807) is 70.6 Å². The summed E-state index contributed by atoms with van der Waals surface area (Å²) >= 11 is 7.78. The van der Waals surface area contributed by atoms with E-state index in [-0.39, 0.29) is 55.7 Å². The van der Waals surface area contributed by atoms with Crippen LogP contribution in [0.2, 0.25) is 5.02 Å². The van der Waals surface area contributed by atoms with Crippen LogP contribution in [0.15, 0.2) is 109 Å². The van der Waals surface area contributed by atoms with E-state index in [1.807, 2.05) is 95.7 Å². The average Bonchev–Trinajstić information content (AvgIpc) is 4.15. The van der Waals surface area contributed by atoms with Gasteiger partial charge in [-0.05, 0) is 130 Å². The SMILES string of the molecule is Cc1ncsc1-c1ccc([C@H](C)NC(=O)C2C[C@@H](O)CN2C(=O)[C@@H](NC(=O)COc2ccc(OC3CCC(Oc4ccc(C(=O)N[C@@H](C)Cn5ccc(-c6ccc(C#N)c(Cl)c6)n5)cc4)CC3)cc2)C(C)(C)C)cc1. The molecule has 1 saturated heterocycles. The predicted octanol–water partition coefficient (Wildman–Crippen LogP) is 8.84. The molecular weight excluding hydrogens is 992 g/mol. The highest BCUT2D eigenvalue weighted by Crippen LogP contribution is 2.32. The van der Waals surface area contributed by atoms with E-state index in [9.17, 15) is 24.3 Å². The minimum absolute atomic E-state index is 0.00445. The van der Waals surface area contributed by atoms with Gasteiger partial charge in [-0.1, -0.05) is 62.7 Å². The predicted molar refractivity (Wildman–Crippen MR) is 286 cm³/mol. The highest BCUT2D eigenvalue weighted by Gasteiger charge is 2.45. The van der Waals surface area contributed by atoms with Crippen LogP contribution in [0.1, 0.15) is 99.9 Å². The zero-order chi connectivity index (χ0) is 53.4. The molecule has 1 aliphatic carbocycles. The molecule has 5 atom stereocenters. The number of carbonyl (C=O) groups is 4. The van der Waals surface area contributed by atoms with Crippen molar-refractivity contribution < 1.29 is 38.5 Å². The number of benzene rings is 4. The van der Waals surface area contributed by atoms with Gasteiger partial charge in [0.25, 0.3) is 11.8 Å². The van der Waals surface area contributed by atoms with Gasteiger partial charge in [0.2, 0.25) is 11.8 Å². The second kappa shape index (κ2) is 24.0. The molecule has 392 valence electrons. The molecule has 1 saturated carbocycles. The third-order valence-electron chi connectivity index (χ3n) is 13.5. The minimum Gasteiger partial charge on any atom is -0.490 e. The number of halogens is 1. The smallest absolute Gasteiger partial charge is 0.258 e. The number of β-amino-alcohol motifs (C(OH)–C–C–N with tert-alkyl or cyclic N) is 1. The Morgan fingerprint density at radius 1 is 0.853 bits per heavy atom. The number of carbonyl (C=O) groups excluding carboxylic acids is 4. The van der Waals surface area contributed by atoms with E-state index < -0.39 is 35.4 Å². The van der Waals surface area contributed by atoms with Crippen LogP contribution in [-0.4, -0.2) is 98.0 Å². The molecule has 16 nitrogen and oxygen atoms in total. The Morgan fingerprint density at radius 3 is 2.08 bits per heavy atom. The van der Waals surface area contributed by atoms with Gasteiger partial charge >= 0.3 is 0 Å². The van der Waals surface area contributed by atoms with Crippen molar-refractivity contribution in [2.24, 2.45) is 5.41 Å². The maximum absolute atomic E-state index is 14.2. The molecule has 0 spiro atoms. The number of aliphatic hydroxyl groups is 1. The summed E-state index contributed by atoms with van der Waals surface area (Å²) in [4.78, 5) is 61.1. The van der Waals surface area contributed by atoms with Crippen LogP contribution in [-0.2, 0) is 20.9 Å². The summed E-state index contributed by atoms with van der Waals surface area (Å²) in [5, 5.41) is 33.7. The summed E-state index contributed by atoms with van der Waals surface area (Å²) in [6, 6.07) is 28.7. The zero-order valence-corrected chi connectivity index (χ0v) is 44.5. The highest BCUT2D eigenvalue weighted by molar-refractivity contribution is 7.13. The van der Waals surface area contributed by atoms with E-state index in [2.05, 4.69) is 32.1 Å². The number of amides is 4. The summed E-state index contributed by atoms with van der Waals surface area (Å²) in [5.74, 6) is 0.256. The van der Waals surface area contributed by atoms with Gasteiger partial charge in [0.15, 0.2) is 6.61 Å². The van der Waals surface area contributed by atoms with E-state index >= 15 is 0 Å². The molecule has 1 unspecified atom stereocenters. The lowest BCUT2D eigenvalue weighted by molar-refractivity contribution is -0.144. The van der Waals surface area contributed by atoms with Gasteiger partial charge in [-0.15, -0.1) is 11.3 Å². The molecule has 3 heterocycles. The van der Waals surface area contributed by atoms with Crippen molar-refractivity contribution in [1.29, 1.82) is 5.26 Å². The summed E-state index contributed by atoms with van der Waals surface area (Å²) < 4.78 is 20.2. The molecule has 0 radical (unpaired) electrons. The Morgan fingerprint density at radius 2 is 1.48 bits per heavy atom. The summed E-state index contributed by atoms with van der Waals surface area (Å²) in [6.45, 7) is 11.3. The van der Waals surface area contributed by atoms with Crippen LogP contribution in [0, 0.1) is 23.7 Å². The number of hydrogen-bond acceptors (Lipinski definition) is 12. The molecule has 4 amide bonds. The van der Waals surface area contributed by atoms with Gasteiger partial charge < -0.3 is 40.2 Å². The Hall–Kier alpha value is -7.26. The molecule has 2 aromatic heterocycles. The van der Waals surface area contributed by atoms with E-state index in [0.29, 0.717) is 45.6 Å². The van der Waals surface area contributed by atoms with Crippen molar-refractivity contribution in [1.82, 2.24) is 35.6 Å². The van der Waals surface area contributed by atoms with Crippen molar-refractivity contribution in [2.75, 3.05) is 13.2 Å². The Labute approximate surface area is 446 Å². The highest BCUT2D eigenvalue weighted by atomic mass is 35.5. The molecule has 4 N–H and O–H groups in total. The standard InChI is InChI=1S/C57H63ClN8O8S/c1-34(30-65-26-25-49(64-65)40-11-12-41(29-59)48(58)27-40)61-54(69)39-13-15-44(16-14-39)73-46-21-23-47(24-22-46)74-45-19-17-43(18-20-45)72-32-51(68)63-53(57(4,5)6)56(71)66-31-42(67)28-50(66)55(70)62-35(2)37-7-9-38(10-8-37)52-36(3)60-33-75-52/h7-20,25-27,33-35,42,46-47,50,53,67H,21-24,28,30-32H2,1-6H3,(H,61,69)(H,62,70)(H,63,68)/t34-,35-,42+,46?,47?,50?,53+/m0/s1. The van der Waals surface area contributed by atoms with Crippen molar-refractivity contribution in [3.05, 3.63) is 136 Å². The maximum Gasteiger partial charge on any atom is 0.258 e. The van der Waals surface area contributed by atoms with Gasteiger partial charge in [0.1, 0.15) is 35.4 Å². The quantitative estimate of drug-likeness (QED) is 0.0639. The number of nitrogens with one attached hydrogen (secondary N) is 3. The molecule has 2 fully saturated rings. The Kier molecular flexibility index (Phi) is 17.2. The van der Waals surface area contributed by atoms with Crippen LogP contribution >= 0.6 is 22.9 Å². The van der Waals surface area contributed by atoms with E-state index in [4.69, 9.17) is 31.1 Å². The Bertz CT molecular complexity index is 3000. The van der Waals surface area contributed by atoms with Crippen LogP contribution in [0.25, 0.3) is 21.7 Å². The number of rotatable bonds is 18. The van der Waals surface area contributed by atoms with Crippen LogP contribution < -0.4 is 30.2 Å². The molecule has 75 heavy (non-hydrogen) atoms. The Balaban J connectivity index is 0.746. The number of hydrogen-bond donors (Lipinski definition) is 4. The lowest BCUT2D eigenvalue weighted by atomic mass is 9.85. The van der Waals surface area contributed by atoms with Crippen LogP contribution in [0.3, 0.4) is 0 Å². The molecule has 6 aromatic rings. The fraction of sp³-hybridized carbons (Fsp3) is 0.386. The van der Waals surface area contributed by atoms with Crippen molar-refractivity contribution in [3.8, 4) is 45.0 Å². The number of nitrogens with zero attached hydrogens (tertiary/aromatic N) is 5. The zero-order valence-electron chi connectivity index (χ0n) is 42.9. The summed E-state index contributed by atoms with van der Waals surface area (Å²) in [7, 11) is 0. The largest absolute Gasteiger partial charge is 0.490 e. The minimum atomic E-state index is -1.00. The van der Waals surface area contributed by atoms with E-state index in [0.717, 1.165) is 52.9 Å². The first-order valence-corrected chi connectivity index (χ1v) is 26.5. The number of thiazole rings is 1. The topological polar surface area (TPSA) is 210 Å². The number of nitriles is 1. The molecule has 1 aliphatic heterocycles. The number of ether oxygens (including phenoxy) is 3. The van der Waals surface area contributed by atoms with Crippen LogP contribution in [0.4, 0.5) is 0 Å². The first-order valence-electron chi connectivity index (χ1n) is 25.2. The average molecular weight is 1060 g/mol. The number of aliphatic hydroxyl groups excluding tert-OH is 1. The first kappa shape index (κ1) is 54.0. The van der Waals surface area contributed by atoms with Crippen LogP contribution in [0.5, 0.6) is 17.2 Å². The van der Waals surface area contributed by atoms with Gasteiger partial charge in [-0.2, -0.15) is 10.4 Å². The fourth-order valence-corrected chi connectivity index (χ4v) is 10.4. The molecule has 4 aromatic carbocycles. The summed E-state index contributed by atoms with van der Waals surface area (Å²) in [6.07, 6.45) is 4.19. The third kappa shape index (κ3) is 13.9. The fourth-order valence-electron chi connectivity index (χ4n) is 9.33. The van der Waals surface area contributed by atoms with Crippen molar-refractivity contribution in [3.63, 3.8) is 0 Å². The number of likely N-dealkylation sites (tertiary alicyclic amines) is 1. The lowest BCUT2D eigenvalue weighted by Crippen LogP contribution is -2.58. The summed E-state index contributed by atoms with van der Waals surface area (Å²) in [5.41, 5.74) is 6.41. The monoisotopic (exact) mass is 1050 g/mol. The third-order valence-corrected chi connectivity index (χ3v) is 14.8. The van der Waals surface area contributed by atoms with Gasteiger partial charge in [0, 0.05) is 36.3 Å². The van der Waals surface area contributed by atoms with Gasteiger partial charge in [-0.3, -0.25) is 23.9 Å². The lowest BCUT2D eigenvalue weighted by Gasteiger charge is -2.35. The second-order valence-electron chi connectivity index (χ2n) is 20.4. The van der Waals surface area contributed by atoms with Crippen molar-refractivity contribution >= 4 is 46.6 Å². The normalized spacial score (nSPS) is 18.7. The molecular formula is C57H63ClN8O8S. The maximum atomic E-state index is 14.2. The molecule has 0 bridgehead atoms. The first-order chi connectivity index (χ1) is 35.9. The second-order valence-corrected chi connectivity index (χ2v) is 21.7.